The lowest BCUT2D eigenvalue weighted by Crippen LogP contribution is -2.20. The van der Waals surface area contributed by atoms with E-state index in [2.05, 4.69) is 0 Å². The van der Waals surface area contributed by atoms with Crippen molar-refractivity contribution in [2.75, 3.05) is 13.2 Å². The standard InChI is InChI=1S/C19H17ClO6/c1-11(2)9-24-16(21)10-25-19-17(22)13-8-12(20)5-6-14(13)26-18(19)15-4-3-7-23-15/h3-8,11H,9-10H2,1-2H3. The second-order valence-corrected chi connectivity index (χ2v) is 6.51. The Hall–Kier alpha value is -2.73. The van der Waals surface area contributed by atoms with E-state index in [-0.39, 0.29) is 29.4 Å². The molecule has 0 aliphatic heterocycles. The number of carbonyl (C=O) groups excluding carboxylic acids is 1. The molecular weight excluding hydrogens is 360 g/mol. The summed E-state index contributed by atoms with van der Waals surface area (Å²) in [5.41, 5.74) is -0.114. The molecule has 26 heavy (non-hydrogen) atoms. The first-order chi connectivity index (χ1) is 12.5. The summed E-state index contributed by atoms with van der Waals surface area (Å²) in [4.78, 5) is 24.7. The van der Waals surface area contributed by atoms with E-state index in [1.165, 1.54) is 12.3 Å². The molecule has 6 nitrogen and oxygen atoms in total. The zero-order valence-corrected chi connectivity index (χ0v) is 15.0. The normalized spacial score (nSPS) is 11.1. The predicted octanol–water partition coefficient (Wildman–Crippen LogP) is 4.28. The van der Waals surface area contributed by atoms with Crippen molar-refractivity contribution in [2.45, 2.75) is 13.8 Å². The largest absolute Gasteiger partial charge is 0.474 e. The second-order valence-electron chi connectivity index (χ2n) is 6.07. The molecule has 0 unspecified atom stereocenters. The predicted molar refractivity (Wildman–Crippen MR) is 96.5 cm³/mol. The van der Waals surface area contributed by atoms with Crippen LogP contribution < -0.4 is 10.2 Å². The molecule has 0 spiro atoms. The second kappa shape index (κ2) is 7.66. The lowest BCUT2D eigenvalue weighted by Gasteiger charge is -2.11. The molecule has 2 aromatic heterocycles. The maximum Gasteiger partial charge on any atom is 0.344 e. The number of ether oxygens (including phenoxy) is 2. The van der Waals surface area contributed by atoms with Gasteiger partial charge in [-0.2, -0.15) is 0 Å². The number of rotatable bonds is 6. The van der Waals surface area contributed by atoms with Crippen LogP contribution in [0.1, 0.15) is 13.8 Å². The van der Waals surface area contributed by atoms with Crippen LogP contribution in [0.3, 0.4) is 0 Å². The van der Waals surface area contributed by atoms with E-state index in [9.17, 15) is 9.59 Å². The first kappa shape index (κ1) is 18.1. The number of benzene rings is 1. The van der Waals surface area contributed by atoms with Gasteiger partial charge in [-0.3, -0.25) is 4.79 Å². The van der Waals surface area contributed by atoms with Gasteiger partial charge in [-0.15, -0.1) is 0 Å². The Kier molecular flexibility index (Phi) is 5.32. The van der Waals surface area contributed by atoms with Gasteiger partial charge in [0.1, 0.15) is 5.58 Å². The number of carbonyl (C=O) groups is 1. The number of fused-ring (bicyclic) bond motifs is 1. The maximum absolute atomic E-state index is 12.8. The Morgan fingerprint density at radius 1 is 1.27 bits per heavy atom. The van der Waals surface area contributed by atoms with E-state index in [0.29, 0.717) is 16.4 Å². The van der Waals surface area contributed by atoms with Gasteiger partial charge in [0, 0.05) is 5.02 Å². The Bertz CT molecular complexity index is 972. The summed E-state index contributed by atoms with van der Waals surface area (Å²) in [5.74, 6) is -0.0904. The Labute approximate surface area is 154 Å². The lowest BCUT2D eigenvalue weighted by atomic mass is 10.2. The molecule has 0 bridgehead atoms. The highest BCUT2D eigenvalue weighted by molar-refractivity contribution is 6.31. The van der Waals surface area contributed by atoms with E-state index in [1.54, 1.807) is 24.3 Å². The van der Waals surface area contributed by atoms with Crippen molar-refractivity contribution >= 4 is 28.5 Å². The SMILES string of the molecule is CC(C)COC(=O)COc1c(-c2ccco2)oc2ccc(Cl)cc2c1=O. The monoisotopic (exact) mass is 376 g/mol. The summed E-state index contributed by atoms with van der Waals surface area (Å²) < 4.78 is 21.6. The molecule has 0 fully saturated rings. The zero-order chi connectivity index (χ0) is 18.7. The Morgan fingerprint density at radius 3 is 2.77 bits per heavy atom. The minimum absolute atomic E-state index is 0.103. The number of hydrogen-bond donors (Lipinski definition) is 0. The van der Waals surface area contributed by atoms with Crippen LogP contribution in [0.15, 0.2) is 50.2 Å². The lowest BCUT2D eigenvalue weighted by molar-refractivity contribution is -0.147. The number of esters is 1. The molecule has 2 heterocycles. The Balaban J connectivity index is 1.99. The molecule has 0 aliphatic carbocycles. The summed E-state index contributed by atoms with van der Waals surface area (Å²) >= 11 is 5.97. The van der Waals surface area contributed by atoms with Crippen LogP contribution in [0.25, 0.3) is 22.5 Å². The number of halogens is 1. The minimum atomic E-state index is -0.574. The van der Waals surface area contributed by atoms with Crippen molar-refractivity contribution in [1.82, 2.24) is 0 Å². The smallest absolute Gasteiger partial charge is 0.344 e. The highest BCUT2D eigenvalue weighted by atomic mass is 35.5. The topological polar surface area (TPSA) is 78.9 Å². The average Bonchev–Trinajstić information content (AvgIpc) is 3.14. The van der Waals surface area contributed by atoms with Crippen LogP contribution in [0.5, 0.6) is 5.75 Å². The van der Waals surface area contributed by atoms with Gasteiger partial charge >= 0.3 is 5.97 Å². The fourth-order valence-corrected chi connectivity index (χ4v) is 2.46. The van der Waals surface area contributed by atoms with Crippen LogP contribution >= 0.6 is 11.6 Å². The third-order valence-corrected chi connectivity index (χ3v) is 3.70. The van der Waals surface area contributed by atoms with Crippen molar-refractivity contribution < 1.29 is 23.1 Å². The van der Waals surface area contributed by atoms with Crippen LogP contribution in [0.2, 0.25) is 5.02 Å². The molecule has 0 aliphatic rings. The van der Waals surface area contributed by atoms with Gasteiger partial charge in [-0.05, 0) is 36.2 Å². The molecule has 0 radical (unpaired) electrons. The maximum atomic E-state index is 12.8. The van der Waals surface area contributed by atoms with Crippen molar-refractivity contribution in [3.63, 3.8) is 0 Å². The van der Waals surface area contributed by atoms with Crippen LogP contribution in [0.4, 0.5) is 0 Å². The average molecular weight is 377 g/mol. The fourth-order valence-electron chi connectivity index (χ4n) is 2.28. The molecule has 3 aromatic rings. The third-order valence-electron chi connectivity index (χ3n) is 3.47. The first-order valence-corrected chi connectivity index (χ1v) is 8.42. The van der Waals surface area contributed by atoms with E-state index in [4.69, 9.17) is 29.9 Å². The fraction of sp³-hybridized carbons (Fsp3) is 0.263. The van der Waals surface area contributed by atoms with Crippen LogP contribution in [-0.4, -0.2) is 19.2 Å². The van der Waals surface area contributed by atoms with E-state index < -0.39 is 18.0 Å². The quantitative estimate of drug-likeness (QED) is 0.597. The van der Waals surface area contributed by atoms with E-state index in [1.807, 2.05) is 13.8 Å². The number of furan rings is 1. The first-order valence-electron chi connectivity index (χ1n) is 8.04. The zero-order valence-electron chi connectivity index (χ0n) is 14.3. The minimum Gasteiger partial charge on any atom is -0.474 e. The van der Waals surface area contributed by atoms with E-state index >= 15 is 0 Å². The van der Waals surface area contributed by atoms with Crippen molar-refractivity contribution in [2.24, 2.45) is 5.92 Å². The van der Waals surface area contributed by atoms with Crippen molar-refractivity contribution in [3.05, 3.63) is 51.8 Å². The molecule has 0 saturated heterocycles. The van der Waals surface area contributed by atoms with Crippen molar-refractivity contribution in [3.8, 4) is 17.3 Å². The van der Waals surface area contributed by atoms with Crippen molar-refractivity contribution in [1.29, 1.82) is 0 Å². The highest BCUT2D eigenvalue weighted by Crippen LogP contribution is 2.32. The third kappa shape index (κ3) is 3.91. The molecule has 0 amide bonds. The molecule has 136 valence electrons. The van der Waals surface area contributed by atoms with Gasteiger partial charge in [0.15, 0.2) is 12.4 Å². The van der Waals surface area contributed by atoms with Gasteiger partial charge in [0.25, 0.3) is 0 Å². The van der Waals surface area contributed by atoms with Gasteiger partial charge in [-0.25, -0.2) is 4.79 Å². The molecule has 0 atom stereocenters. The van der Waals surface area contributed by atoms with E-state index in [0.717, 1.165) is 0 Å². The summed E-state index contributed by atoms with van der Waals surface area (Å²) in [5, 5.41) is 0.635. The van der Waals surface area contributed by atoms with Gasteiger partial charge < -0.3 is 18.3 Å². The van der Waals surface area contributed by atoms with Crippen LogP contribution in [-0.2, 0) is 9.53 Å². The van der Waals surface area contributed by atoms with Gasteiger partial charge in [0.2, 0.25) is 16.9 Å². The number of hydrogen-bond acceptors (Lipinski definition) is 6. The van der Waals surface area contributed by atoms with Gasteiger partial charge in [-0.1, -0.05) is 25.4 Å². The molecule has 7 heteroatoms. The summed E-state index contributed by atoms with van der Waals surface area (Å²) in [7, 11) is 0. The summed E-state index contributed by atoms with van der Waals surface area (Å²) in [6.45, 7) is 3.70. The molecular formula is C19H17ClO6. The molecule has 0 N–H and O–H groups in total. The molecule has 1 aromatic carbocycles. The summed E-state index contributed by atoms with van der Waals surface area (Å²) in [6.07, 6.45) is 1.45. The Morgan fingerprint density at radius 2 is 2.08 bits per heavy atom. The van der Waals surface area contributed by atoms with Crippen LogP contribution in [0, 0.1) is 5.92 Å². The molecule has 3 rings (SSSR count). The summed E-state index contributed by atoms with van der Waals surface area (Å²) in [6, 6.07) is 7.97. The highest BCUT2D eigenvalue weighted by Gasteiger charge is 2.21. The molecule has 0 saturated carbocycles. The van der Waals surface area contributed by atoms with Gasteiger partial charge in [0.05, 0.1) is 18.3 Å².